The fraction of sp³-hybridized carbons (Fsp3) is 0.333. The van der Waals surface area contributed by atoms with Gasteiger partial charge in [0.05, 0.1) is 0 Å². The molecule has 0 atom stereocenters. The van der Waals surface area contributed by atoms with Crippen molar-refractivity contribution in [3.8, 4) is 0 Å². The number of carbonyl (C=O) groups excluding carboxylic acids is 2. The quantitative estimate of drug-likeness (QED) is 0.484. The molecule has 1 aliphatic rings. The molecule has 120 valence electrons. The van der Waals surface area contributed by atoms with Gasteiger partial charge in [-0.15, -0.1) is 0 Å². The molecule has 0 bridgehead atoms. The second kappa shape index (κ2) is 5.26. The highest BCUT2D eigenvalue weighted by Gasteiger charge is 2.38. The second-order valence-corrected chi connectivity index (χ2v) is 6.37. The summed E-state index contributed by atoms with van der Waals surface area (Å²) in [7, 11) is 0. The predicted octanol–water partition coefficient (Wildman–Crippen LogP) is 3.44. The van der Waals surface area contributed by atoms with E-state index in [0.717, 1.165) is 16.5 Å². The fourth-order valence-corrected chi connectivity index (χ4v) is 2.65. The Morgan fingerprint density at radius 3 is 2.35 bits per heavy atom. The van der Waals surface area contributed by atoms with E-state index < -0.39 is 17.7 Å². The van der Waals surface area contributed by atoms with E-state index in [0.29, 0.717) is 6.04 Å². The molecule has 3 rings (SSSR count). The normalized spacial score (nSPS) is 17.3. The van der Waals surface area contributed by atoms with Crippen LogP contribution in [0.1, 0.15) is 39.3 Å². The van der Waals surface area contributed by atoms with E-state index in [1.165, 1.54) is 19.9 Å². The maximum absolute atomic E-state index is 12.0. The molecule has 0 unspecified atom stereocenters. The van der Waals surface area contributed by atoms with Crippen molar-refractivity contribution in [2.75, 3.05) is 0 Å². The molecular formula is C18H19NO4. The van der Waals surface area contributed by atoms with Crippen molar-refractivity contribution in [3.63, 3.8) is 0 Å². The van der Waals surface area contributed by atoms with Gasteiger partial charge in [0.1, 0.15) is 5.57 Å². The summed E-state index contributed by atoms with van der Waals surface area (Å²) in [6.07, 6.45) is 3.54. The van der Waals surface area contributed by atoms with Crippen LogP contribution in [0.15, 0.2) is 36.0 Å². The van der Waals surface area contributed by atoms with Gasteiger partial charge in [-0.3, -0.25) is 0 Å². The Balaban J connectivity index is 2.02. The van der Waals surface area contributed by atoms with Crippen molar-refractivity contribution in [1.82, 2.24) is 4.57 Å². The minimum Gasteiger partial charge on any atom is -0.419 e. The molecule has 0 aliphatic carbocycles. The molecule has 0 spiro atoms. The Morgan fingerprint density at radius 1 is 1.09 bits per heavy atom. The number of fused-ring (bicyclic) bond motifs is 1. The first kappa shape index (κ1) is 15.3. The standard InChI is InChI=1S/C18H19NO4/c1-11(2)19-8-7-13-6-5-12(10-15(13)19)9-14-16(20)22-18(3,4)23-17(14)21/h5-11H,1-4H3. The van der Waals surface area contributed by atoms with Gasteiger partial charge in [0.25, 0.3) is 5.79 Å². The Kier molecular flexibility index (Phi) is 3.51. The number of carbonyl (C=O) groups is 2. The van der Waals surface area contributed by atoms with Crippen LogP contribution >= 0.6 is 0 Å². The molecule has 1 saturated heterocycles. The number of hydrogen-bond donors (Lipinski definition) is 0. The Labute approximate surface area is 134 Å². The molecule has 0 N–H and O–H groups in total. The number of esters is 2. The van der Waals surface area contributed by atoms with Gasteiger partial charge in [0, 0.05) is 31.6 Å². The van der Waals surface area contributed by atoms with E-state index in [2.05, 4.69) is 18.4 Å². The van der Waals surface area contributed by atoms with Crippen LogP contribution in [0.2, 0.25) is 0 Å². The highest BCUT2D eigenvalue weighted by atomic mass is 16.7. The van der Waals surface area contributed by atoms with Crippen LogP contribution in [-0.4, -0.2) is 22.3 Å². The Hall–Kier alpha value is -2.56. The lowest BCUT2D eigenvalue weighted by Gasteiger charge is -2.29. The first-order valence-corrected chi connectivity index (χ1v) is 7.56. The van der Waals surface area contributed by atoms with E-state index in [9.17, 15) is 9.59 Å². The minimum atomic E-state index is -1.22. The Morgan fingerprint density at radius 2 is 1.74 bits per heavy atom. The number of hydrogen-bond acceptors (Lipinski definition) is 4. The molecular weight excluding hydrogens is 294 g/mol. The second-order valence-electron chi connectivity index (χ2n) is 6.37. The summed E-state index contributed by atoms with van der Waals surface area (Å²) in [5.41, 5.74) is 1.71. The maximum atomic E-state index is 12.0. The zero-order valence-corrected chi connectivity index (χ0v) is 13.6. The number of cyclic esters (lactones) is 2. The molecule has 1 aromatic carbocycles. The van der Waals surface area contributed by atoms with E-state index >= 15 is 0 Å². The fourth-order valence-electron chi connectivity index (χ4n) is 2.65. The first-order valence-electron chi connectivity index (χ1n) is 7.56. The molecule has 1 aromatic heterocycles. The molecule has 5 nitrogen and oxygen atoms in total. The SMILES string of the molecule is CC(C)n1ccc2ccc(C=C3C(=O)OC(C)(C)OC3=O)cc21. The lowest BCUT2D eigenvalue weighted by atomic mass is 10.1. The highest BCUT2D eigenvalue weighted by Crippen LogP contribution is 2.26. The van der Waals surface area contributed by atoms with E-state index in [1.54, 1.807) is 0 Å². The molecule has 2 heterocycles. The van der Waals surface area contributed by atoms with Crippen molar-refractivity contribution in [2.24, 2.45) is 0 Å². The third-order valence-corrected chi connectivity index (χ3v) is 3.73. The lowest BCUT2D eigenvalue weighted by Crippen LogP contribution is -2.41. The smallest absolute Gasteiger partial charge is 0.348 e. The van der Waals surface area contributed by atoms with E-state index in [-0.39, 0.29) is 5.57 Å². The summed E-state index contributed by atoms with van der Waals surface area (Å²) in [4.78, 5) is 24.0. The topological polar surface area (TPSA) is 57.5 Å². The van der Waals surface area contributed by atoms with Crippen molar-refractivity contribution in [1.29, 1.82) is 0 Å². The zero-order valence-electron chi connectivity index (χ0n) is 13.6. The molecule has 1 fully saturated rings. The number of rotatable bonds is 2. The molecule has 23 heavy (non-hydrogen) atoms. The third-order valence-electron chi connectivity index (χ3n) is 3.73. The largest absolute Gasteiger partial charge is 0.419 e. The van der Waals surface area contributed by atoms with Crippen molar-refractivity contribution >= 4 is 28.9 Å². The van der Waals surface area contributed by atoms with Gasteiger partial charge in [-0.1, -0.05) is 12.1 Å². The molecule has 0 amide bonds. The van der Waals surface area contributed by atoms with Gasteiger partial charge in [-0.05, 0) is 43.0 Å². The van der Waals surface area contributed by atoms with Crippen LogP contribution in [0.5, 0.6) is 0 Å². The molecule has 2 aromatic rings. The molecule has 0 saturated carbocycles. The number of benzene rings is 1. The van der Waals surface area contributed by atoms with Gasteiger partial charge < -0.3 is 14.0 Å². The van der Waals surface area contributed by atoms with Crippen LogP contribution in [-0.2, 0) is 19.1 Å². The van der Waals surface area contributed by atoms with Gasteiger partial charge in [-0.25, -0.2) is 9.59 Å². The lowest BCUT2D eigenvalue weighted by molar-refractivity contribution is -0.222. The maximum Gasteiger partial charge on any atom is 0.348 e. The van der Waals surface area contributed by atoms with Crippen LogP contribution in [0, 0.1) is 0 Å². The van der Waals surface area contributed by atoms with E-state index in [1.807, 2.05) is 30.5 Å². The van der Waals surface area contributed by atoms with Crippen LogP contribution in [0.25, 0.3) is 17.0 Å². The van der Waals surface area contributed by atoms with Gasteiger partial charge in [0.15, 0.2) is 0 Å². The number of ether oxygens (including phenoxy) is 2. The average molecular weight is 313 g/mol. The van der Waals surface area contributed by atoms with Crippen LogP contribution in [0.3, 0.4) is 0 Å². The predicted molar refractivity (Wildman–Crippen MR) is 86.6 cm³/mol. The summed E-state index contributed by atoms with van der Waals surface area (Å²) >= 11 is 0. The highest BCUT2D eigenvalue weighted by molar-refractivity contribution is 6.19. The summed E-state index contributed by atoms with van der Waals surface area (Å²) in [5.74, 6) is -2.54. The third kappa shape index (κ3) is 2.86. The molecule has 5 heteroatoms. The number of aromatic nitrogens is 1. The minimum absolute atomic E-state index is 0.0914. The molecule has 1 aliphatic heterocycles. The monoisotopic (exact) mass is 313 g/mol. The zero-order chi connectivity index (χ0) is 16.8. The van der Waals surface area contributed by atoms with Crippen molar-refractivity contribution in [2.45, 2.75) is 39.5 Å². The van der Waals surface area contributed by atoms with E-state index in [4.69, 9.17) is 9.47 Å². The number of nitrogens with zero attached hydrogens (tertiary/aromatic N) is 1. The Bertz CT molecular complexity index is 805. The van der Waals surface area contributed by atoms with Gasteiger partial charge in [-0.2, -0.15) is 0 Å². The summed E-state index contributed by atoms with van der Waals surface area (Å²) < 4.78 is 12.4. The van der Waals surface area contributed by atoms with Crippen LogP contribution < -0.4 is 0 Å². The first-order chi connectivity index (χ1) is 10.8. The van der Waals surface area contributed by atoms with Gasteiger partial charge in [0.2, 0.25) is 0 Å². The average Bonchev–Trinajstić information content (AvgIpc) is 2.85. The van der Waals surface area contributed by atoms with Gasteiger partial charge >= 0.3 is 11.9 Å². The molecule has 0 radical (unpaired) electrons. The van der Waals surface area contributed by atoms with Crippen molar-refractivity contribution in [3.05, 3.63) is 41.6 Å². The summed E-state index contributed by atoms with van der Waals surface area (Å²) in [6.45, 7) is 7.26. The van der Waals surface area contributed by atoms with Crippen molar-refractivity contribution < 1.29 is 19.1 Å². The van der Waals surface area contributed by atoms with Crippen LogP contribution in [0.4, 0.5) is 0 Å². The summed E-state index contributed by atoms with van der Waals surface area (Å²) in [5, 5.41) is 1.11. The summed E-state index contributed by atoms with van der Waals surface area (Å²) in [6, 6.07) is 8.13.